The minimum absolute atomic E-state index is 0.0147. The average Bonchev–Trinajstić information content (AvgIpc) is 3.33. The van der Waals surface area contributed by atoms with Gasteiger partial charge in [-0.1, -0.05) is 11.6 Å². The summed E-state index contributed by atoms with van der Waals surface area (Å²) < 4.78 is 7.78. The average molecular weight is 458 g/mol. The number of hydrogen-bond acceptors (Lipinski definition) is 8. The topological polar surface area (TPSA) is 128 Å². The highest BCUT2D eigenvalue weighted by Gasteiger charge is 2.47. The van der Waals surface area contributed by atoms with Crippen LogP contribution in [0.4, 0.5) is 11.8 Å². The number of fused-ring (bicyclic) bond motifs is 1. The molecule has 2 aliphatic heterocycles. The fourth-order valence-corrected chi connectivity index (χ4v) is 5.33. The highest BCUT2D eigenvalue weighted by molar-refractivity contribution is 6.35. The van der Waals surface area contributed by atoms with E-state index in [4.69, 9.17) is 32.8 Å². The Morgan fingerprint density at radius 1 is 1.31 bits per heavy atom. The van der Waals surface area contributed by atoms with Gasteiger partial charge in [0.1, 0.15) is 11.5 Å². The monoisotopic (exact) mass is 457 g/mol. The summed E-state index contributed by atoms with van der Waals surface area (Å²) in [6.07, 6.45) is 5.24. The summed E-state index contributed by atoms with van der Waals surface area (Å²) >= 11 is 6.49. The van der Waals surface area contributed by atoms with Crippen LogP contribution in [0.5, 0.6) is 0 Å². The first-order chi connectivity index (χ1) is 15.4. The van der Waals surface area contributed by atoms with E-state index in [1.807, 2.05) is 17.4 Å². The van der Waals surface area contributed by atoms with Crippen LogP contribution in [0.15, 0.2) is 18.5 Å². The van der Waals surface area contributed by atoms with Crippen LogP contribution >= 0.6 is 11.6 Å². The number of aromatic nitrogens is 4. The van der Waals surface area contributed by atoms with Crippen LogP contribution in [0.3, 0.4) is 0 Å². The first-order valence-corrected chi connectivity index (χ1v) is 11.2. The number of hydrogen-bond donors (Lipinski definition) is 3. The van der Waals surface area contributed by atoms with Gasteiger partial charge in [0.2, 0.25) is 5.95 Å². The van der Waals surface area contributed by atoms with Gasteiger partial charge < -0.3 is 26.2 Å². The van der Waals surface area contributed by atoms with Gasteiger partial charge in [0.15, 0.2) is 0 Å². The number of piperidine rings is 1. The first kappa shape index (κ1) is 21.4. The van der Waals surface area contributed by atoms with Crippen LogP contribution in [-0.4, -0.2) is 56.3 Å². The number of nitrogen functional groups attached to an aromatic ring is 1. The maximum atomic E-state index is 10.0. The Morgan fingerprint density at radius 2 is 2.06 bits per heavy atom. The van der Waals surface area contributed by atoms with Gasteiger partial charge in [-0.25, -0.2) is 15.0 Å². The Labute approximate surface area is 191 Å². The maximum absolute atomic E-state index is 10.0. The molecule has 0 aliphatic carbocycles. The summed E-state index contributed by atoms with van der Waals surface area (Å²) in [7, 11) is 0. The van der Waals surface area contributed by atoms with Gasteiger partial charge in [0.25, 0.3) is 0 Å². The van der Waals surface area contributed by atoms with Gasteiger partial charge in [-0.3, -0.25) is 4.40 Å². The summed E-state index contributed by atoms with van der Waals surface area (Å²) in [6, 6.07) is 1.85. The molecule has 0 bridgehead atoms. The molecule has 0 radical (unpaired) electrons. The molecule has 9 nitrogen and oxygen atoms in total. The Hall–Kier alpha value is -2.46. The predicted molar refractivity (Wildman–Crippen MR) is 124 cm³/mol. The first-order valence-electron chi connectivity index (χ1n) is 10.9. The number of aliphatic hydroxyl groups is 1. The number of rotatable bonds is 3. The molecule has 0 amide bonds. The molecule has 0 saturated carbocycles. The number of nitrogens with zero attached hydrogens (tertiary/aromatic N) is 5. The summed E-state index contributed by atoms with van der Waals surface area (Å²) in [5.41, 5.74) is 16.1. The van der Waals surface area contributed by atoms with E-state index in [1.54, 1.807) is 12.4 Å². The van der Waals surface area contributed by atoms with Crippen molar-refractivity contribution in [2.75, 3.05) is 30.3 Å². The van der Waals surface area contributed by atoms with Crippen molar-refractivity contribution in [3.8, 4) is 11.1 Å². The Bertz CT molecular complexity index is 1170. The molecule has 1 spiro atoms. The zero-order valence-corrected chi connectivity index (χ0v) is 19.0. The third kappa shape index (κ3) is 3.14. The van der Waals surface area contributed by atoms with Crippen LogP contribution in [0.25, 0.3) is 16.8 Å². The van der Waals surface area contributed by atoms with E-state index in [0.717, 1.165) is 48.7 Å². The number of ether oxygens (including phenoxy) is 1. The molecular weight excluding hydrogens is 430 g/mol. The fraction of sp³-hybridized carbons (Fsp3) is 0.500. The second-order valence-corrected chi connectivity index (χ2v) is 9.27. The molecule has 2 aliphatic rings. The highest BCUT2D eigenvalue weighted by atomic mass is 35.5. The van der Waals surface area contributed by atoms with Crippen LogP contribution in [0, 0.1) is 12.3 Å². The second kappa shape index (κ2) is 7.84. The predicted octanol–water partition coefficient (Wildman–Crippen LogP) is 2.16. The van der Waals surface area contributed by atoms with E-state index >= 15 is 0 Å². The molecule has 5 N–H and O–H groups in total. The number of aliphatic hydroxyl groups excluding tert-OH is 1. The van der Waals surface area contributed by atoms with Crippen molar-refractivity contribution in [1.82, 2.24) is 19.4 Å². The van der Waals surface area contributed by atoms with E-state index in [1.165, 1.54) is 0 Å². The summed E-state index contributed by atoms with van der Waals surface area (Å²) in [5, 5.41) is 10.4. The van der Waals surface area contributed by atoms with Gasteiger partial charge >= 0.3 is 0 Å². The molecule has 32 heavy (non-hydrogen) atoms. The normalized spacial score (nSPS) is 22.8. The number of pyridine rings is 1. The fourth-order valence-electron chi connectivity index (χ4n) is 5.12. The number of imidazole rings is 1. The van der Waals surface area contributed by atoms with Crippen molar-refractivity contribution in [1.29, 1.82) is 0 Å². The van der Waals surface area contributed by atoms with Crippen molar-refractivity contribution in [3.63, 3.8) is 0 Å². The second-order valence-electron chi connectivity index (χ2n) is 8.89. The van der Waals surface area contributed by atoms with Crippen molar-refractivity contribution in [3.05, 3.63) is 34.9 Å². The lowest BCUT2D eigenvalue weighted by atomic mass is 9.73. The van der Waals surface area contributed by atoms with E-state index < -0.39 is 0 Å². The van der Waals surface area contributed by atoms with Gasteiger partial charge in [-0.05, 0) is 32.8 Å². The lowest BCUT2D eigenvalue weighted by Gasteiger charge is -2.41. The number of halogens is 1. The van der Waals surface area contributed by atoms with Gasteiger partial charge in [0, 0.05) is 41.9 Å². The molecular formula is C22H28ClN7O2. The third-order valence-corrected chi connectivity index (χ3v) is 7.52. The van der Waals surface area contributed by atoms with Crippen molar-refractivity contribution in [2.24, 2.45) is 11.1 Å². The molecule has 2 atom stereocenters. The Morgan fingerprint density at radius 3 is 2.72 bits per heavy atom. The van der Waals surface area contributed by atoms with Gasteiger partial charge in [-0.2, -0.15) is 0 Å². The summed E-state index contributed by atoms with van der Waals surface area (Å²) in [4.78, 5) is 15.9. The van der Waals surface area contributed by atoms with E-state index in [0.29, 0.717) is 23.0 Å². The quantitative estimate of drug-likeness (QED) is 0.545. The summed E-state index contributed by atoms with van der Waals surface area (Å²) in [5.74, 6) is 1.02. The highest BCUT2D eigenvalue weighted by Crippen LogP contribution is 2.43. The molecule has 0 unspecified atom stereocenters. The van der Waals surface area contributed by atoms with E-state index in [-0.39, 0.29) is 30.0 Å². The molecule has 0 aromatic carbocycles. The third-order valence-electron chi connectivity index (χ3n) is 7.12. The van der Waals surface area contributed by atoms with Crippen molar-refractivity contribution in [2.45, 2.75) is 45.4 Å². The zero-order valence-electron chi connectivity index (χ0n) is 18.3. The molecule has 2 saturated heterocycles. The molecule has 5 heterocycles. The molecule has 3 aromatic heterocycles. The molecule has 5 rings (SSSR count). The number of aryl methyl sites for hydroxylation is 1. The van der Waals surface area contributed by atoms with E-state index in [9.17, 15) is 5.11 Å². The molecule has 2 fully saturated rings. The maximum Gasteiger partial charge on any atom is 0.211 e. The Kier molecular flexibility index (Phi) is 5.24. The minimum Gasteiger partial charge on any atom is -0.390 e. The van der Waals surface area contributed by atoms with Crippen LogP contribution in [0.2, 0.25) is 5.02 Å². The molecule has 170 valence electrons. The zero-order chi connectivity index (χ0) is 22.6. The largest absolute Gasteiger partial charge is 0.390 e. The van der Waals surface area contributed by atoms with Crippen molar-refractivity contribution < 1.29 is 9.84 Å². The lowest BCUT2D eigenvalue weighted by molar-refractivity contribution is 0.0973. The molecule has 10 heteroatoms. The minimum atomic E-state index is -0.154. The lowest BCUT2D eigenvalue weighted by Crippen LogP contribution is -2.51. The molecule has 3 aromatic rings. The van der Waals surface area contributed by atoms with Crippen LogP contribution in [-0.2, 0) is 11.3 Å². The Balaban J connectivity index is 1.58. The smallest absolute Gasteiger partial charge is 0.211 e. The SMILES string of the molecule is Cc1nc(N2CCC3(CC2)CO[C@@H](C)[C@H]3N)n2c(CO)cnc2c1-c1ccnc(N)c1Cl. The van der Waals surface area contributed by atoms with Crippen LogP contribution in [0.1, 0.15) is 31.2 Å². The standard InChI is InChI=1S/C22H28ClN7O2/c1-12-16(15-3-6-26-19(25)17(15)23)20-27-9-14(10-31)30(20)21(28-12)29-7-4-22(5-8-29)11-32-13(2)18(22)24/h3,6,9,13,18,31H,4-5,7-8,10-11,24H2,1-2H3,(H2,25,26)/t13-,18+/m0/s1. The number of nitrogens with two attached hydrogens (primary N) is 2. The summed E-state index contributed by atoms with van der Waals surface area (Å²) in [6.45, 7) is 6.15. The van der Waals surface area contributed by atoms with E-state index in [2.05, 4.69) is 21.8 Å². The van der Waals surface area contributed by atoms with Crippen LogP contribution < -0.4 is 16.4 Å². The van der Waals surface area contributed by atoms with Crippen molar-refractivity contribution >= 4 is 29.0 Å². The van der Waals surface area contributed by atoms with Gasteiger partial charge in [-0.15, -0.1) is 0 Å². The number of anilines is 2. The van der Waals surface area contributed by atoms with Gasteiger partial charge in [0.05, 0.1) is 41.9 Å².